The van der Waals surface area contributed by atoms with E-state index >= 15 is 0 Å². The summed E-state index contributed by atoms with van der Waals surface area (Å²) in [5.74, 6) is 0.218. The van der Waals surface area contributed by atoms with Gasteiger partial charge in [-0.25, -0.2) is 0 Å². The third kappa shape index (κ3) is 10.3. The van der Waals surface area contributed by atoms with Gasteiger partial charge < -0.3 is 14.8 Å². The number of hydrogen-bond donors (Lipinski definition) is 1. The lowest BCUT2D eigenvalue weighted by molar-refractivity contribution is -0.154. The molecular weight excluding hydrogens is 332 g/mol. The van der Waals surface area contributed by atoms with E-state index in [1.54, 1.807) is 24.3 Å². The van der Waals surface area contributed by atoms with Crippen LogP contribution in [0.5, 0.6) is 5.75 Å². The predicted octanol–water partition coefficient (Wildman–Crippen LogP) is 3.35. The minimum atomic E-state index is -0.429. The number of amides is 1. The van der Waals surface area contributed by atoms with E-state index in [9.17, 15) is 9.59 Å². The fourth-order valence-corrected chi connectivity index (χ4v) is 2.19. The predicted molar refractivity (Wildman–Crippen MR) is 98.6 cm³/mol. The molecule has 0 bridgehead atoms. The highest BCUT2D eigenvalue weighted by Crippen LogP contribution is 2.12. The van der Waals surface area contributed by atoms with Crippen LogP contribution in [0.4, 0.5) is 0 Å². The molecule has 0 aliphatic rings. The number of carbonyl (C=O) groups is 2. The van der Waals surface area contributed by atoms with Gasteiger partial charge in [-0.1, -0.05) is 12.8 Å². The molecule has 0 aromatic heterocycles. The van der Waals surface area contributed by atoms with Crippen LogP contribution in [0.2, 0.25) is 0 Å². The average Bonchev–Trinajstić information content (AvgIpc) is 2.58. The zero-order valence-corrected chi connectivity index (χ0v) is 15.8. The zero-order chi connectivity index (χ0) is 19.4. The SMILES string of the molecule is CC(C)(C)OC(=O)CCCCCCNC(=O)COc1ccc(C#N)cc1. The number of nitriles is 1. The topological polar surface area (TPSA) is 88.4 Å². The summed E-state index contributed by atoms with van der Waals surface area (Å²) in [5, 5.41) is 11.5. The molecule has 1 rings (SSSR count). The van der Waals surface area contributed by atoms with Crippen LogP contribution in [-0.2, 0) is 14.3 Å². The quantitative estimate of drug-likeness (QED) is 0.511. The first-order chi connectivity index (χ1) is 12.3. The van der Waals surface area contributed by atoms with E-state index in [1.807, 2.05) is 26.8 Å². The normalized spacial score (nSPS) is 10.7. The van der Waals surface area contributed by atoms with Crippen molar-refractivity contribution in [2.75, 3.05) is 13.2 Å². The lowest BCUT2D eigenvalue weighted by Gasteiger charge is -2.19. The van der Waals surface area contributed by atoms with Crippen molar-refractivity contribution in [3.63, 3.8) is 0 Å². The second kappa shape index (κ2) is 11.1. The van der Waals surface area contributed by atoms with Crippen molar-refractivity contribution in [1.82, 2.24) is 5.32 Å². The molecule has 0 aliphatic carbocycles. The van der Waals surface area contributed by atoms with Gasteiger partial charge in [0, 0.05) is 13.0 Å². The van der Waals surface area contributed by atoms with Crippen LogP contribution in [0.15, 0.2) is 24.3 Å². The molecule has 1 aromatic rings. The summed E-state index contributed by atoms with van der Waals surface area (Å²) in [7, 11) is 0. The van der Waals surface area contributed by atoms with E-state index in [2.05, 4.69) is 5.32 Å². The molecule has 0 heterocycles. The Bertz CT molecular complexity index is 612. The van der Waals surface area contributed by atoms with Crippen molar-refractivity contribution in [1.29, 1.82) is 5.26 Å². The minimum absolute atomic E-state index is 0.0510. The van der Waals surface area contributed by atoms with Gasteiger partial charge in [0.1, 0.15) is 11.4 Å². The van der Waals surface area contributed by atoms with Gasteiger partial charge in [-0.15, -0.1) is 0 Å². The third-order valence-corrected chi connectivity index (χ3v) is 3.40. The molecule has 142 valence electrons. The molecule has 6 nitrogen and oxygen atoms in total. The summed E-state index contributed by atoms with van der Waals surface area (Å²) in [6.07, 6.45) is 3.96. The van der Waals surface area contributed by atoms with Crippen LogP contribution in [0.1, 0.15) is 58.4 Å². The van der Waals surface area contributed by atoms with Crippen LogP contribution in [0.25, 0.3) is 0 Å². The monoisotopic (exact) mass is 360 g/mol. The number of nitrogens with zero attached hydrogens (tertiary/aromatic N) is 1. The number of rotatable bonds is 10. The summed E-state index contributed by atoms with van der Waals surface area (Å²) >= 11 is 0. The zero-order valence-electron chi connectivity index (χ0n) is 15.8. The van der Waals surface area contributed by atoms with E-state index in [0.717, 1.165) is 25.7 Å². The van der Waals surface area contributed by atoms with Crippen LogP contribution in [-0.4, -0.2) is 30.6 Å². The van der Waals surface area contributed by atoms with Crippen molar-refractivity contribution in [2.24, 2.45) is 0 Å². The number of ether oxygens (including phenoxy) is 2. The lowest BCUT2D eigenvalue weighted by atomic mass is 10.1. The van der Waals surface area contributed by atoms with E-state index < -0.39 is 5.60 Å². The number of unbranched alkanes of at least 4 members (excludes halogenated alkanes) is 3. The van der Waals surface area contributed by atoms with Gasteiger partial charge in [0.25, 0.3) is 5.91 Å². The summed E-state index contributed by atoms with van der Waals surface area (Å²) < 4.78 is 10.6. The molecule has 0 atom stereocenters. The lowest BCUT2D eigenvalue weighted by Crippen LogP contribution is -2.29. The fourth-order valence-electron chi connectivity index (χ4n) is 2.19. The molecule has 1 amide bonds. The molecule has 0 aliphatic heterocycles. The summed E-state index contributed by atoms with van der Waals surface area (Å²) in [6, 6.07) is 8.64. The minimum Gasteiger partial charge on any atom is -0.484 e. The summed E-state index contributed by atoms with van der Waals surface area (Å²) in [4.78, 5) is 23.3. The van der Waals surface area contributed by atoms with E-state index in [1.165, 1.54) is 0 Å². The molecule has 0 saturated carbocycles. The number of nitrogens with one attached hydrogen (secondary N) is 1. The van der Waals surface area contributed by atoms with Gasteiger partial charge >= 0.3 is 5.97 Å². The van der Waals surface area contributed by atoms with E-state index in [-0.39, 0.29) is 18.5 Å². The van der Waals surface area contributed by atoms with Gasteiger partial charge in [-0.3, -0.25) is 9.59 Å². The molecule has 26 heavy (non-hydrogen) atoms. The highest BCUT2D eigenvalue weighted by molar-refractivity contribution is 5.77. The molecular formula is C20H28N2O4. The standard InChI is InChI=1S/C20H28N2O4/c1-20(2,3)26-19(24)8-6-4-5-7-13-22-18(23)15-25-17-11-9-16(14-21)10-12-17/h9-12H,4-8,13,15H2,1-3H3,(H,22,23). The largest absolute Gasteiger partial charge is 0.484 e. The molecule has 1 N–H and O–H groups in total. The number of carbonyl (C=O) groups excluding carboxylic acids is 2. The van der Waals surface area contributed by atoms with E-state index in [0.29, 0.717) is 24.3 Å². The van der Waals surface area contributed by atoms with Gasteiger partial charge in [0.05, 0.1) is 11.6 Å². The Morgan fingerprint density at radius 3 is 2.35 bits per heavy atom. The Balaban J connectivity index is 2.02. The maximum atomic E-state index is 11.7. The van der Waals surface area contributed by atoms with Gasteiger partial charge in [0.15, 0.2) is 6.61 Å². The van der Waals surface area contributed by atoms with Crippen molar-refractivity contribution in [2.45, 2.75) is 58.5 Å². The number of esters is 1. The molecule has 0 unspecified atom stereocenters. The maximum absolute atomic E-state index is 11.7. The van der Waals surface area contributed by atoms with Gasteiger partial charge in [-0.2, -0.15) is 5.26 Å². The van der Waals surface area contributed by atoms with Gasteiger partial charge in [-0.05, 0) is 57.9 Å². The molecule has 0 fully saturated rings. The Morgan fingerprint density at radius 1 is 1.08 bits per heavy atom. The maximum Gasteiger partial charge on any atom is 0.306 e. The highest BCUT2D eigenvalue weighted by atomic mass is 16.6. The van der Waals surface area contributed by atoms with Crippen molar-refractivity contribution in [3.05, 3.63) is 29.8 Å². The second-order valence-corrected chi connectivity index (χ2v) is 7.03. The number of benzene rings is 1. The third-order valence-electron chi connectivity index (χ3n) is 3.40. The van der Waals surface area contributed by atoms with Crippen molar-refractivity contribution >= 4 is 11.9 Å². The molecule has 6 heteroatoms. The van der Waals surface area contributed by atoms with Crippen LogP contribution in [0, 0.1) is 11.3 Å². The first-order valence-corrected chi connectivity index (χ1v) is 8.91. The molecule has 0 radical (unpaired) electrons. The summed E-state index contributed by atoms with van der Waals surface area (Å²) in [5.41, 5.74) is 0.120. The van der Waals surface area contributed by atoms with Crippen molar-refractivity contribution < 1.29 is 19.1 Å². The Kier molecular flexibility index (Phi) is 9.21. The average molecular weight is 360 g/mol. The van der Waals surface area contributed by atoms with Crippen LogP contribution < -0.4 is 10.1 Å². The molecule has 0 spiro atoms. The molecule has 0 saturated heterocycles. The smallest absolute Gasteiger partial charge is 0.306 e. The Morgan fingerprint density at radius 2 is 1.73 bits per heavy atom. The van der Waals surface area contributed by atoms with Crippen LogP contribution in [0.3, 0.4) is 0 Å². The first kappa shape index (κ1) is 21.5. The van der Waals surface area contributed by atoms with Gasteiger partial charge in [0.2, 0.25) is 0 Å². The highest BCUT2D eigenvalue weighted by Gasteiger charge is 2.15. The number of hydrogen-bond acceptors (Lipinski definition) is 5. The second-order valence-electron chi connectivity index (χ2n) is 7.03. The van der Waals surface area contributed by atoms with Crippen molar-refractivity contribution in [3.8, 4) is 11.8 Å². The Hall–Kier alpha value is -2.55. The van der Waals surface area contributed by atoms with Crippen LogP contribution >= 0.6 is 0 Å². The summed E-state index contributed by atoms with van der Waals surface area (Å²) in [6.45, 7) is 6.11. The fraction of sp³-hybridized carbons (Fsp3) is 0.550. The van der Waals surface area contributed by atoms with E-state index in [4.69, 9.17) is 14.7 Å². The Labute approximate surface area is 155 Å². The molecule has 1 aromatic carbocycles. The first-order valence-electron chi connectivity index (χ1n) is 8.91.